The van der Waals surface area contributed by atoms with Crippen molar-refractivity contribution in [1.29, 1.82) is 0 Å². The van der Waals surface area contributed by atoms with Gasteiger partial charge in [-0.3, -0.25) is 9.80 Å². The van der Waals surface area contributed by atoms with Gasteiger partial charge in [0.05, 0.1) is 13.2 Å². The van der Waals surface area contributed by atoms with Gasteiger partial charge in [-0.1, -0.05) is 12.1 Å². The van der Waals surface area contributed by atoms with Crippen molar-refractivity contribution in [2.75, 3.05) is 39.4 Å². The standard InChI is InChI=1S/C15H28N4O3/c1-4-13(11-20)19-8-6-18(7-9-19)10-14-16-15(17-22-14)12(3)21-5-2/h12-13,20H,4-11H2,1-3H3. The number of aromatic nitrogens is 2. The van der Waals surface area contributed by atoms with Crippen LogP contribution in [0.5, 0.6) is 0 Å². The molecular weight excluding hydrogens is 284 g/mol. The highest BCUT2D eigenvalue weighted by Crippen LogP contribution is 2.15. The lowest BCUT2D eigenvalue weighted by Gasteiger charge is -2.37. The van der Waals surface area contributed by atoms with E-state index in [0.29, 0.717) is 24.9 Å². The normalized spacial score (nSPS) is 20.2. The van der Waals surface area contributed by atoms with Crippen molar-refractivity contribution in [3.63, 3.8) is 0 Å². The Kier molecular flexibility index (Phi) is 6.75. The highest BCUT2D eigenvalue weighted by atomic mass is 16.5. The van der Waals surface area contributed by atoms with Crippen LogP contribution in [0.4, 0.5) is 0 Å². The minimum Gasteiger partial charge on any atom is -0.395 e. The molecule has 1 fully saturated rings. The molecule has 1 N–H and O–H groups in total. The topological polar surface area (TPSA) is 74.9 Å². The van der Waals surface area contributed by atoms with Crippen LogP contribution >= 0.6 is 0 Å². The Bertz CT molecular complexity index is 428. The first kappa shape index (κ1) is 17.3. The molecule has 2 rings (SSSR count). The van der Waals surface area contributed by atoms with E-state index in [4.69, 9.17) is 9.26 Å². The van der Waals surface area contributed by atoms with Crippen LogP contribution in [0.1, 0.15) is 45.0 Å². The van der Waals surface area contributed by atoms with E-state index in [-0.39, 0.29) is 18.8 Å². The van der Waals surface area contributed by atoms with Crippen molar-refractivity contribution in [3.8, 4) is 0 Å². The molecule has 0 radical (unpaired) electrons. The molecule has 1 aromatic heterocycles. The quantitative estimate of drug-likeness (QED) is 0.769. The maximum Gasteiger partial charge on any atom is 0.240 e. The maximum absolute atomic E-state index is 9.38. The van der Waals surface area contributed by atoms with Crippen LogP contribution in [0.15, 0.2) is 4.52 Å². The Labute approximate surface area is 132 Å². The number of nitrogens with zero attached hydrogens (tertiary/aromatic N) is 4. The minimum absolute atomic E-state index is 0.130. The molecular formula is C15H28N4O3. The molecule has 0 aromatic carbocycles. The highest BCUT2D eigenvalue weighted by molar-refractivity contribution is 4.90. The first-order valence-corrected chi connectivity index (χ1v) is 8.19. The number of rotatable bonds is 8. The monoisotopic (exact) mass is 312 g/mol. The molecule has 0 saturated carbocycles. The predicted octanol–water partition coefficient (Wildman–Crippen LogP) is 1.06. The zero-order valence-corrected chi connectivity index (χ0v) is 13.9. The van der Waals surface area contributed by atoms with Crippen molar-refractivity contribution in [2.45, 2.75) is 45.9 Å². The Balaban J connectivity index is 1.81. The van der Waals surface area contributed by atoms with Gasteiger partial charge in [-0.25, -0.2) is 0 Å². The first-order valence-electron chi connectivity index (χ1n) is 8.19. The lowest BCUT2D eigenvalue weighted by Crippen LogP contribution is -2.50. The van der Waals surface area contributed by atoms with Crippen LogP contribution in [-0.2, 0) is 11.3 Å². The summed E-state index contributed by atoms with van der Waals surface area (Å²) in [6, 6.07) is 0.282. The Hall–Kier alpha value is -1.02. The third-order valence-electron chi connectivity index (χ3n) is 4.23. The fourth-order valence-electron chi connectivity index (χ4n) is 2.80. The summed E-state index contributed by atoms with van der Waals surface area (Å²) in [5.74, 6) is 1.26. The second-order valence-electron chi connectivity index (χ2n) is 5.70. The van der Waals surface area contributed by atoms with Gasteiger partial charge in [-0.15, -0.1) is 0 Å². The van der Waals surface area contributed by atoms with Gasteiger partial charge in [0, 0.05) is 38.8 Å². The van der Waals surface area contributed by atoms with Gasteiger partial charge >= 0.3 is 0 Å². The summed E-state index contributed by atoms with van der Waals surface area (Å²) < 4.78 is 10.8. The number of ether oxygens (including phenoxy) is 1. The van der Waals surface area contributed by atoms with Crippen LogP contribution in [0.2, 0.25) is 0 Å². The molecule has 1 aromatic rings. The van der Waals surface area contributed by atoms with E-state index in [1.54, 1.807) is 0 Å². The van der Waals surface area contributed by atoms with Crippen LogP contribution in [0, 0.1) is 0 Å². The van der Waals surface area contributed by atoms with Crippen molar-refractivity contribution in [1.82, 2.24) is 19.9 Å². The summed E-state index contributed by atoms with van der Waals surface area (Å²) in [6.45, 7) is 11.4. The van der Waals surface area contributed by atoms with Gasteiger partial charge in [0.2, 0.25) is 5.89 Å². The molecule has 0 spiro atoms. The van der Waals surface area contributed by atoms with E-state index < -0.39 is 0 Å². The number of hydrogen-bond donors (Lipinski definition) is 1. The van der Waals surface area contributed by atoms with E-state index >= 15 is 0 Å². The average Bonchev–Trinajstić information content (AvgIpc) is 2.99. The fraction of sp³-hybridized carbons (Fsp3) is 0.867. The summed E-state index contributed by atoms with van der Waals surface area (Å²) in [5.41, 5.74) is 0. The summed E-state index contributed by atoms with van der Waals surface area (Å²) in [4.78, 5) is 9.07. The van der Waals surface area contributed by atoms with Crippen LogP contribution < -0.4 is 0 Å². The minimum atomic E-state index is -0.130. The summed E-state index contributed by atoms with van der Waals surface area (Å²) in [7, 11) is 0. The fourth-order valence-corrected chi connectivity index (χ4v) is 2.80. The molecule has 1 saturated heterocycles. The van der Waals surface area contributed by atoms with E-state index in [9.17, 15) is 5.11 Å². The van der Waals surface area contributed by atoms with Crippen molar-refractivity contribution >= 4 is 0 Å². The van der Waals surface area contributed by atoms with Gasteiger partial charge < -0.3 is 14.4 Å². The van der Waals surface area contributed by atoms with E-state index in [0.717, 1.165) is 32.6 Å². The third-order valence-corrected chi connectivity index (χ3v) is 4.23. The van der Waals surface area contributed by atoms with Crippen LogP contribution in [-0.4, -0.2) is 70.5 Å². The third kappa shape index (κ3) is 4.49. The lowest BCUT2D eigenvalue weighted by atomic mass is 10.1. The highest BCUT2D eigenvalue weighted by Gasteiger charge is 2.23. The molecule has 0 bridgehead atoms. The zero-order chi connectivity index (χ0) is 15.9. The molecule has 2 heterocycles. The average molecular weight is 312 g/mol. The van der Waals surface area contributed by atoms with Gasteiger partial charge in [-0.2, -0.15) is 4.98 Å². The molecule has 1 aliphatic heterocycles. The van der Waals surface area contributed by atoms with Gasteiger partial charge in [0.1, 0.15) is 6.10 Å². The number of aliphatic hydroxyl groups excluding tert-OH is 1. The second kappa shape index (κ2) is 8.57. The van der Waals surface area contributed by atoms with Crippen molar-refractivity contribution < 1.29 is 14.4 Å². The number of hydrogen-bond acceptors (Lipinski definition) is 7. The number of piperazine rings is 1. The van der Waals surface area contributed by atoms with Gasteiger partial charge in [-0.05, 0) is 20.3 Å². The smallest absolute Gasteiger partial charge is 0.240 e. The molecule has 0 aliphatic carbocycles. The van der Waals surface area contributed by atoms with Crippen molar-refractivity contribution in [3.05, 3.63) is 11.7 Å². The van der Waals surface area contributed by atoms with E-state index in [1.165, 1.54) is 0 Å². The van der Waals surface area contributed by atoms with Crippen molar-refractivity contribution in [2.24, 2.45) is 0 Å². The molecule has 126 valence electrons. The maximum atomic E-state index is 9.38. The SMILES string of the molecule is CCOC(C)c1noc(CN2CCN(C(CC)CO)CC2)n1. The Morgan fingerprint density at radius 2 is 2.00 bits per heavy atom. The predicted molar refractivity (Wildman–Crippen MR) is 82.4 cm³/mol. The summed E-state index contributed by atoms with van der Waals surface area (Å²) in [5, 5.41) is 13.4. The summed E-state index contributed by atoms with van der Waals surface area (Å²) >= 11 is 0. The lowest BCUT2D eigenvalue weighted by molar-refractivity contribution is 0.0567. The first-order chi connectivity index (χ1) is 10.7. The zero-order valence-electron chi connectivity index (χ0n) is 13.9. The molecule has 2 unspecified atom stereocenters. The molecule has 22 heavy (non-hydrogen) atoms. The molecule has 1 aliphatic rings. The molecule has 7 nitrogen and oxygen atoms in total. The molecule has 0 amide bonds. The van der Waals surface area contributed by atoms with Crippen LogP contribution in [0.3, 0.4) is 0 Å². The largest absolute Gasteiger partial charge is 0.395 e. The molecule has 2 atom stereocenters. The Morgan fingerprint density at radius 1 is 1.27 bits per heavy atom. The summed E-state index contributed by atoms with van der Waals surface area (Å²) in [6.07, 6.45) is 0.855. The second-order valence-corrected chi connectivity index (χ2v) is 5.70. The number of aliphatic hydroxyl groups is 1. The molecule has 7 heteroatoms. The Morgan fingerprint density at radius 3 is 2.59 bits per heavy atom. The van der Waals surface area contributed by atoms with Crippen LogP contribution in [0.25, 0.3) is 0 Å². The van der Waals surface area contributed by atoms with Gasteiger partial charge in [0.15, 0.2) is 5.82 Å². The van der Waals surface area contributed by atoms with E-state index in [1.807, 2.05) is 13.8 Å². The van der Waals surface area contributed by atoms with Gasteiger partial charge in [0.25, 0.3) is 0 Å². The van der Waals surface area contributed by atoms with E-state index in [2.05, 4.69) is 26.9 Å².